The fraction of sp³-hybridized carbons (Fsp3) is 0.526. The lowest BCUT2D eigenvalue weighted by Gasteiger charge is -2.35. The summed E-state index contributed by atoms with van der Waals surface area (Å²) in [5, 5.41) is 5.54. The highest BCUT2D eigenvalue weighted by Gasteiger charge is 2.33. The number of piperidine rings is 2. The van der Waals surface area contributed by atoms with Gasteiger partial charge in [-0.1, -0.05) is 0 Å². The number of amides is 3. The van der Waals surface area contributed by atoms with Crippen LogP contribution in [0.25, 0.3) is 0 Å². The monoisotopic (exact) mass is 392 g/mol. The number of nitrogens with one attached hydrogen (secondary N) is 2. The minimum Gasteiger partial charge on any atom is -0.485 e. The Hall–Kier alpha value is -2.68. The summed E-state index contributed by atoms with van der Waals surface area (Å²) in [6.07, 6.45) is 2.44. The molecule has 1 atom stereocenters. The highest BCUT2D eigenvalue weighted by molar-refractivity contribution is 6.02. The number of carbonyl (C=O) groups is 3. The van der Waals surface area contributed by atoms with Crippen LogP contribution in [0.3, 0.4) is 0 Å². The lowest BCUT2D eigenvalue weighted by Crippen LogP contribution is -2.51. The van der Waals surface area contributed by atoms with Crippen LogP contribution in [0.4, 0.5) is 15.8 Å². The number of carbonyl (C=O) groups excluding carboxylic acids is 3. The highest BCUT2D eigenvalue weighted by atomic mass is 19.1. The molecule has 0 radical (unpaired) electrons. The zero-order valence-corrected chi connectivity index (χ0v) is 16.0. The van der Waals surface area contributed by atoms with E-state index in [0.29, 0.717) is 18.5 Å². The van der Waals surface area contributed by atoms with Gasteiger partial charge in [-0.15, -0.1) is 0 Å². The predicted octanol–water partition coefficient (Wildman–Crippen LogP) is 0.790. The maximum absolute atomic E-state index is 14.7. The van der Waals surface area contributed by atoms with Crippen molar-refractivity contribution in [2.45, 2.75) is 37.8 Å². The summed E-state index contributed by atoms with van der Waals surface area (Å²) in [6, 6.07) is 2.19. The van der Waals surface area contributed by atoms with Gasteiger partial charge in [-0.3, -0.25) is 19.7 Å². The zero-order chi connectivity index (χ0) is 20.3. The Morgan fingerprint density at radius 2 is 1.89 bits per heavy atom. The van der Waals surface area contributed by atoms with Gasteiger partial charge in [0.2, 0.25) is 18.2 Å². The molecular formula is C19H25FN4O4. The van der Waals surface area contributed by atoms with Crippen LogP contribution in [0.15, 0.2) is 12.1 Å². The first-order valence-electron chi connectivity index (χ1n) is 9.37. The number of anilines is 2. The van der Waals surface area contributed by atoms with Crippen molar-refractivity contribution in [2.24, 2.45) is 0 Å². The molecule has 0 spiro atoms. The largest absolute Gasteiger partial charge is 0.485 e. The molecule has 0 aliphatic carbocycles. The van der Waals surface area contributed by atoms with Crippen molar-refractivity contribution >= 4 is 29.6 Å². The van der Waals surface area contributed by atoms with E-state index in [1.165, 1.54) is 24.1 Å². The van der Waals surface area contributed by atoms with E-state index < -0.39 is 17.8 Å². The molecule has 8 nitrogen and oxygen atoms in total. The number of halogens is 1. The molecule has 2 N–H and O–H groups in total. The average molecular weight is 392 g/mol. The van der Waals surface area contributed by atoms with Crippen LogP contribution >= 0.6 is 0 Å². The van der Waals surface area contributed by atoms with E-state index in [1.54, 1.807) is 11.9 Å². The van der Waals surface area contributed by atoms with Crippen LogP contribution in [0.2, 0.25) is 0 Å². The minimum atomic E-state index is -0.603. The zero-order valence-electron chi connectivity index (χ0n) is 16.0. The van der Waals surface area contributed by atoms with Crippen LogP contribution < -0.4 is 25.2 Å². The van der Waals surface area contributed by atoms with Gasteiger partial charge in [0.25, 0.3) is 0 Å². The first kappa shape index (κ1) is 20.1. The summed E-state index contributed by atoms with van der Waals surface area (Å²) >= 11 is 0. The van der Waals surface area contributed by atoms with Crippen molar-refractivity contribution in [1.29, 1.82) is 0 Å². The number of likely N-dealkylation sites (N-methyl/N-ethyl adjacent to an activating group) is 1. The molecule has 3 amide bonds. The summed E-state index contributed by atoms with van der Waals surface area (Å²) in [5.74, 6) is -1.29. The first-order valence-corrected chi connectivity index (χ1v) is 9.37. The Balaban J connectivity index is 1.97. The van der Waals surface area contributed by atoms with Gasteiger partial charge in [0.05, 0.1) is 5.69 Å². The second-order valence-corrected chi connectivity index (χ2v) is 7.11. The molecule has 0 aromatic heterocycles. The Morgan fingerprint density at radius 1 is 1.18 bits per heavy atom. The number of ether oxygens (including phenoxy) is 1. The summed E-state index contributed by atoms with van der Waals surface area (Å²) in [4.78, 5) is 38.1. The maximum atomic E-state index is 14.7. The van der Waals surface area contributed by atoms with Gasteiger partial charge in [0.1, 0.15) is 17.8 Å². The summed E-state index contributed by atoms with van der Waals surface area (Å²) in [5.41, 5.74) is 0.746. The lowest BCUT2D eigenvalue weighted by molar-refractivity contribution is -0.134. The molecular weight excluding hydrogens is 367 g/mol. The van der Waals surface area contributed by atoms with E-state index in [1.807, 2.05) is 0 Å². The second kappa shape index (κ2) is 8.55. The number of imide groups is 1. The van der Waals surface area contributed by atoms with E-state index >= 15 is 0 Å². The van der Waals surface area contributed by atoms with Crippen LogP contribution in [0, 0.1) is 5.82 Å². The Kier molecular flexibility index (Phi) is 6.13. The molecule has 9 heteroatoms. The molecule has 1 unspecified atom stereocenters. The predicted molar refractivity (Wildman–Crippen MR) is 102 cm³/mol. The van der Waals surface area contributed by atoms with Crippen molar-refractivity contribution < 1.29 is 23.5 Å². The molecule has 3 rings (SSSR count). The number of hydrogen-bond donors (Lipinski definition) is 2. The standard InChI is InChI=1S/C19H25FN4O4/c1-23(11-25)17-14(24(2)15-5-6-16(26)22-19(15)27)4-3-13(20)18(17)28-12-7-9-21-10-8-12/h3-4,11-12,15,21H,5-10H2,1-2H3,(H,22,26,27). The number of nitrogens with zero attached hydrogens (tertiary/aromatic N) is 2. The molecule has 0 saturated carbocycles. The van der Waals surface area contributed by atoms with E-state index in [-0.39, 0.29) is 29.9 Å². The summed E-state index contributed by atoms with van der Waals surface area (Å²) < 4.78 is 20.7. The van der Waals surface area contributed by atoms with Gasteiger partial charge in [-0.05, 0) is 44.5 Å². The van der Waals surface area contributed by atoms with E-state index in [4.69, 9.17) is 4.74 Å². The topological polar surface area (TPSA) is 91.0 Å². The maximum Gasteiger partial charge on any atom is 0.249 e. The fourth-order valence-electron chi connectivity index (χ4n) is 3.63. The number of hydrogen-bond acceptors (Lipinski definition) is 6. The quantitative estimate of drug-likeness (QED) is 0.550. The van der Waals surface area contributed by atoms with Crippen molar-refractivity contribution in [3.05, 3.63) is 17.9 Å². The summed E-state index contributed by atoms with van der Waals surface area (Å²) in [6.45, 7) is 1.56. The Labute approximate surface area is 163 Å². The third kappa shape index (κ3) is 4.09. The summed E-state index contributed by atoms with van der Waals surface area (Å²) in [7, 11) is 3.20. The van der Waals surface area contributed by atoms with Gasteiger partial charge in [0.15, 0.2) is 11.6 Å². The van der Waals surface area contributed by atoms with Gasteiger partial charge in [-0.25, -0.2) is 4.39 Å². The Bertz CT molecular complexity index is 767. The third-order valence-corrected chi connectivity index (χ3v) is 5.20. The van der Waals surface area contributed by atoms with Crippen LogP contribution in [0.5, 0.6) is 5.75 Å². The fourth-order valence-corrected chi connectivity index (χ4v) is 3.63. The van der Waals surface area contributed by atoms with E-state index in [2.05, 4.69) is 10.6 Å². The lowest BCUT2D eigenvalue weighted by atomic mass is 10.0. The minimum absolute atomic E-state index is 0.00172. The molecule has 1 aromatic rings. The van der Waals surface area contributed by atoms with Gasteiger partial charge >= 0.3 is 0 Å². The van der Waals surface area contributed by atoms with Crippen molar-refractivity contribution in [1.82, 2.24) is 10.6 Å². The molecule has 28 heavy (non-hydrogen) atoms. The Morgan fingerprint density at radius 3 is 2.54 bits per heavy atom. The molecule has 0 bridgehead atoms. The molecule has 2 saturated heterocycles. The van der Waals surface area contributed by atoms with Crippen molar-refractivity contribution in [3.63, 3.8) is 0 Å². The molecule has 2 fully saturated rings. The first-order chi connectivity index (χ1) is 13.4. The van der Waals surface area contributed by atoms with Crippen LogP contribution in [0.1, 0.15) is 25.7 Å². The van der Waals surface area contributed by atoms with Gasteiger partial charge in [0, 0.05) is 20.5 Å². The smallest absolute Gasteiger partial charge is 0.249 e. The van der Waals surface area contributed by atoms with E-state index in [9.17, 15) is 18.8 Å². The van der Waals surface area contributed by atoms with Crippen molar-refractivity contribution in [2.75, 3.05) is 37.0 Å². The van der Waals surface area contributed by atoms with Crippen molar-refractivity contribution in [3.8, 4) is 5.75 Å². The molecule has 152 valence electrons. The molecule has 1 aromatic carbocycles. The molecule has 2 aliphatic rings. The number of rotatable bonds is 6. The van der Waals surface area contributed by atoms with Gasteiger partial charge < -0.3 is 19.9 Å². The highest BCUT2D eigenvalue weighted by Crippen LogP contribution is 2.41. The normalized spacial score (nSPS) is 20.5. The number of benzene rings is 1. The molecule has 2 heterocycles. The van der Waals surface area contributed by atoms with Gasteiger partial charge in [-0.2, -0.15) is 0 Å². The van der Waals surface area contributed by atoms with Crippen LogP contribution in [-0.2, 0) is 14.4 Å². The SMILES string of the molecule is CN(C=O)c1c(N(C)C2CCC(=O)NC2=O)ccc(F)c1OC1CCNCC1. The van der Waals surface area contributed by atoms with E-state index in [0.717, 1.165) is 25.9 Å². The second-order valence-electron chi connectivity index (χ2n) is 7.11. The average Bonchev–Trinajstić information content (AvgIpc) is 2.69. The molecule has 2 aliphatic heterocycles. The van der Waals surface area contributed by atoms with Crippen LogP contribution in [-0.4, -0.2) is 57.6 Å². The third-order valence-electron chi connectivity index (χ3n) is 5.20.